The number of para-hydroxylation sites is 1. The van der Waals surface area contributed by atoms with Crippen molar-refractivity contribution in [3.05, 3.63) is 64.7 Å². The zero-order valence-electron chi connectivity index (χ0n) is 16.0. The maximum Gasteiger partial charge on any atom is 0.223 e. The average Bonchev–Trinajstić information content (AvgIpc) is 2.70. The number of amides is 1. The first-order valence-electron chi connectivity index (χ1n) is 9.47. The number of piperidine rings is 1. The van der Waals surface area contributed by atoms with Gasteiger partial charge in [-0.15, -0.1) is 0 Å². The second-order valence-electron chi connectivity index (χ2n) is 7.15. The van der Waals surface area contributed by atoms with Gasteiger partial charge in [0.15, 0.2) is 0 Å². The Morgan fingerprint density at radius 1 is 1.19 bits per heavy atom. The fraction of sp³-hybridized carbons (Fsp3) is 0.409. The van der Waals surface area contributed by atoms with E-state index in [1.165, 1.54) is 5.56 Å². The molecule has 0 radical (unpaired) electrons. The molecule has 1 N–H and O–H groups in total. The van der Waals surface area contributed by atoms with E-state index >= 15 is 0 Å². The van der Waals surface area contributed by atoms with E-state index in [4.69, 9.17) is 16.3 Å². The second-order valence-corrected chi connectivity index (χ2v) is 7.59. The lowest BCUT2D eigenvalue weighted by atomic mass is 9.94. The zero-order chi connectivity index (χ0) is 19.2. The van der Waals surface area contributed by atoms with Crippen molar-refractivity contribution >= 4 is 17.5 Å². The van der Waals surface area contributed by atoms with E-state index in [0.29, 0.717) is 0 Å². The van der Waals surface area contributed by atoms with Crippen molar-refractivity contribution in [1.82, 2.24) is 10.2 Å². The molecule has 2 aromatic carbocycles. The van der Waals surface area contributed by atoms with Crippen LogP contribution in [-0.4, -0.2) is 31.0 Å². The quantitative estimate of drug-likeness (QED) is 0.798. The number of hydrogen-bond donors (Lipinski definition) is 1. The van der Waals surface area contributed by atoms with Gasteiger partial charge >= 0.3 is 0 Å². The summed E-state index contributed by atoms with van der Waals surface area (Å²) in [6, 6.07) is 15.7. The summed E-state index contributed by atoms with van der Waals surface area (Å²) in [5.41, 5.74) is 2.26. The number of nitrogens with zero attached hydrogens (tertiary/aromatic N) is 1. The van der Waals surface area contributed by atoms with Crippen LogP contribution < -0.4 is 10.1 Å². The van der Waals surface area contributed by atoms with Crippen molar-refractivity contribution in [2.45, 2.75) is 32.4 Å². The highest BCUT2D eigenvalue weighted by Crippen LogP contribution is 2.26. The van der Waals surface area contributed by atoms with Gasteiger partial charge in [-0.3, -0.25) is 9.69 Å². The molecule has 0 aromatic heterocycles. The third kappa shape index (κ3) is 5.24. The van der Waals surface area contributed by atoms with E-state index in [9.17, 15) is 4.79 Å². The molecule has 1 saturated heterocycles. The van der Waals surface area contributed by atoms with Gasteiger partial charge in [0, 0.05) is 23.0 Å². The summed E-state index contributed by atoms with van der Waals surface area (Å²) in [5, 5.41) is 3.92. The van der Waals surface area contributed by atoms with E-state index in [2.05, 4.69) is 22.3 Å². The second kappa shape index (κ2) is 9.25. The average molecular weight is 387 g/mol. The highest BCUT2D eigenvalue weighted by molar-refractivity contribution is 6.30. The molecule has 5 heteroatoms. The van der Waals surface area contributed by atoms with Crippen LogP contribution in [0.5, 0.6) is 5.75 Å². The molecule has 27 heavy (non-hydrogen) atoms. The lowest BCUT2D eigenvalue weighted by molar-refractivity contribution is -0.127. The van der Waals surface area contributed by atoms with Gasteiger partial charge in [-0.05, 0) is 56.6 Å². The molecule has 1 fully saturated rings. The molecule has 2 aromatic rings. The molecular formula is C22H27ClN2O2. The third-order valence-corrected chi connectivity index (χ3v) is 5.49. The number of hydrogen-bond acceptors (Lipinski definition) is 3. The summed E-state index contributed by atoms with van der Waals surface area (Å²) in [7, 11) is 1.66. The largest absolute Gasteiger partial charge is 0.496 e. The van der Waals surface area contributed by atoms with E-state index in [-0.39, 0.29) is 17.9 Å². The first-order valence-corrected chi connectivity index (χ1v) is 9.84. The van der Waals surface area contributed by atoms with Crippen LogP contribution in [0.2, 0.25) is 5.02 Å². The summed E-state index contributed by atoms with van der Waals surface area (Å²) in [6.45, 7) is 4.78. The standard InChI is InChI=1S/C22H27ClN2O2/c1-16(20-5-3-4-6-21(20)27-2)24-22(26)18-11-13-25(14-12-18)15-17-7-9-19(23)10-8-17/h3-10,16,18H,11-15H2,1-2H3,(H,24,26). The van der Waals surface area contributed by atoms with Crippen LogP contribution in [-0.2, 0) is 11.3 Å². The highest BCUT2D eigenvalue weighted by Gasteiger charge is 2.26. The van der Waals surface area contributed by atoms with Crippen molar-refractivity contribution in [2.24, 2.45) is 5.92 Å². The molecule has 1 amide bonds. The van der Waals surface area contributed by atoms with Crippen molar-refractivity contribution < 1.29 is 9.53 Å². The molecular weight excluding hydrogens is 360 g/mol. The van der Waals surface area contributed by atoms with Crippen LogP contribution in [0.3, 0.4) is 0 Å². The SMILES string of the molecule is COc1ccccc1C(C)NC(=O)C1CCN(Cc2ccc(Cl)cc2)CC1. The van der Waals surface area contributed by atoms with Gasteiger partial charge in [0.05, 0.1) is 13.2 Å². The molecule has 0 saturated carbocycles. The minimum Gasteiger partial charge on any atom is -0.496 e. The van der Waals surface area contributed by atoms with Crippen LogP contribution in [0.1, 0.15) is 36.9 Å². The minimum atomic E-state index is -0.0688. The van der Waals surface area contributed by atoms with E-state index in [1.54, 1.807) is 7.11 Å². The summed E-state index contributed by atoms with van der Waals surface area (Å²) >= 11 is 5.95. The van der Waals surface area contributed by atoms with E-state index in [1.807, 2.05) is 43.3 Å². The lowest BCUT2D eigenvalue weighted by Crippen LogP contribution is -2.40. The van der Waals surface area contributed by atoms with Crippen LogP contribution in [0.15, 0.2) is 48.5 Å². The molecule has 1 aliphatic heterocycles. The molecule has 1 heterocycles. The Bertz CT molecular complexity index is 755. The van der Waals surface area contributed by atoms with Crippen LogP contribution in [0, 0.1) is 5.92 Å². The van der Waals surface area contributed by atoms with Gasteiger partial charge in [0.2, 0.25) is 5.91 Å². The fourth-order valence-electron chi connectivity index (χ4n) is 3.63. The van der Waals surface area contributed by atoms with Crippen LogP contribution in [0.4, 0.5) is 0 Å². The number of halogens is 1. The number of nitrogens with one attached hydrogen (secondary N) is 1. The summed E-state index contributed by atoms with van der Waals surface area (Å²) in [5.74, 6) is 1.02. The van der Waals surface area contributed by atoms with Crippen molar-refractivity contribution in [1.29, 1.82) is 0 Å². The topological polar surface area (TPSA) is 41.6 Å². The maximum absolute atomic E-state index is 12.7. The number of carbonyl (C=O) groups is 1. The molecule has 4 nitrogen and oxygen atoms in total. The maximum atomic E-state index is 12.7. The highest BCUT2D eigenvalue weighted by atomic mass is 35.5. The first kappa shape index (κ1) is 19.7. The number of methoxy groups -OCH3 is 1. The normalized spacial score (nSPS) is 16.7. The molecule has 0 bridgehead atoms. The Hall–Kier alpha value is -2.04. The fourth-order valence-corrected chi connectivity index (χ4v) is 3.76. The van der Waals surface area contributed by atoms with Gasteiger partial charge in [-0.2, -0.15) is 0 Å². The molecule has 3 rings (SSSR count). The number of rotatable bonds is 6. The van der Waals surface area contributed by atoms with Crippen LogP contribution in [0.25, 0.3) is 0 Å². The predicted molar refractivity (Wildman–Crippen MR) is 109 cm³/mol. The summed E-state index contributed by atoms with van der Waals surface area (Å²) < 4.78 is 5.41. The summed E-state index contributed by atoms with van der Waals surface area (Å²) in [4.78, 5) is 15.1. The molecule has 1 atom stereocenters. The molecule has 0 spiro atoms. The number of benzene rings is 2. The monoisotopic (exact) mass is 386 g/mol. The van der Waals surface area contributed by atoms with Gasteiger partial charge in [-0.25, -0.2) is 0 Å². The third-order valence-electron chi connectivity index (χ3n) is 5.24. The number of ether oxygens (including phenoxy) is 1. The van der Waals surface area contributed by atoms with Crippen molar-refractivity contribution in [3.8, 4) is 5.75 Å². The Labute approximate surface area is 166 Å². The van der Waals surface area contributed by atoms with Gasteiger partial charge in [-0.1, -0.05) is 41.9 Å². The smallest absolute Gasteiger partial charge is 0.223 e. The van der Waals surface area contributed by atoms with Crippen molar-refractivity contribution in [2.75, 3.05) is 20.2 Å². The van der Waals surface area contributed by atoms with E-state index in [0.717, 1.165) is 48.8 Å². The summed E-state index contributed by atoms with van der Waals surface area (Å²) in [6.07, 6.45) is 1.77. The Morgan fingerprint density at radius 2 is 1.85 bits per heavy atom. The molecule has 1 aliphatic rings. The van der Waals surface area contributed by atoms with Crippen LogP contribution >= 0.6 is 11.6 Å². The zero-order valence-corrected chi connectivity index (χ0v) is 16.7. The Morgan fingerprint density at radius 3 is 2.52 bits per heavy atom. The van der Waals surface area contributed by atoms with Gasteiger partial charge in [0.1, 0.15) is 5.75 Å². The lowest BCUT2D eigenvalue weighted by Gasteiger charge is -2.32. The molecule has 0 aliphatic carbocycles. The first-order chi connectivity index (χ1) is 13.1. The minimum absolute atomic E-state index is 0.0688. The Kier molecular flexibility index (Phi) is 6.75. The van der Waals surface area contributed by atoms with Gasteiger partial charge in [0.25, 0.3) is 0 Å². The van der Waals surface area contributed by atoms with Gasteiger partial charge < -0.3 is 10.1 Å². The van der Waals surface area contributed by atoms with E-state index < -0.39 is 0 Å². The molecule has 1 unspecified atom stereocenters. The number of likely N-dealkylation sites (tertiary alicyclic amines) is 1. The number of carbonyl (C=O) groups excluding carboxylic acids is 1. The molecule has 144 valence electrons. The Balaban J connectivity index is 1.50. The van der Waals surface area contributed by atoms with Crippen molar-refractivity contribution in [3.63, 3.8) is 0 Å². The predicted octanol–water partition coefficient (Wildman–Crippen LogP) is 4.44.